The average Bonchev–Trinajstić information content (AvgIpc) is 2.14. The first kappa shape index (κ1) is 14.3. The van der Waals surface area contributed by atoms with E-state index in [1.54, 1.807) is 6.07 Å². The second-order valence-corrected chi connectivity index (χ2v) is 5.40. The zero-order valence-corrected chi connectivity index (χ0v) is 11.3. The van der Waals surface area contributed by atoms with Crippen LogP contribution < -0.4 is 5.73 Å². The van der Waals surface area contributed by atoms with Crippen molar-refractivity contribution >= 4 is 12.4 Å². The molecule has 2 rings (SSSR count). The lowest BCUT2D eigenvalue weighted by atomic mass is 9.97. The smallest absolute Gasteiger partial charge is 0.115 e. The van der Waals surface area contributed by atoms with E-state index < -0.39 is 0 Å². The van der Waals surface area contributed by atoms with Gasteiger partial charge in [0.25, 0.3) is 0 Å². The molecular formula is C13H21ClN2O. The van der Waals surface area contributed by atoms with Gasteiger partial charge in [-0.25, -0.2) is 0 Å². The van der Waals surface area contributed by atoms with E-state index in [0.29, 0.717) is 5.75 Å². The highest BCUT2D eigenvalue weighted by molar-refractivity contribution is 5.85. The molecule has 0 spiro atoms. The van der Waals surface area contributed by atoms with Crippen molar-refractivity contribution in [3.63, 3.8) is 0 Å². The summed E-state index contributed by atoms with van der Waals surface area (Å²) >= 11 is 0. The number of aromatic hydroxyl groups is 1. The third-order valence-corrected chi connectivity index (χ3v) is 2.91. The van der Waals surface area contributed by atoms with Gasteiger partial charge >= 0.3 is 0 Å². The fourth-order valence-corrected chi connectivity index (χ4v) is 2.31. The number of phenolic OH excluding ortho intramolecular Hbond substituents is 1. The topological polar surface area (TPSA) is 49.5 Å². The predicted molar refractivity (Wildman–Crippen MR) is 72.6 cm³/mol. The van der Waals surface area contributed by atoms with Gasteiger partial charge in [0.1, 0.15) is 5.75 Å². The van der Waals surface area contributed by atoms with Crippen molar-refractivity contribution in [2.45, 2.75) is 32.4 Å². The number of nitrogens with zero attached hydrogens (tertiary/aromatic N) is 1. The summed E-state index contributed by atoms with van der Waals surface area (Å²) in [4.78, 5) is 2.35. The highest BCUT2D eigenvalue weighted by Gasteiger charge is 2.21. The molecule has 17 heavy (non-hydrogen) atoms. The number of benzene rings is 1. The summed E-state index contributed by atoms with van der Waals surface area (Å²) in [6, 6.07) is 5.65. The van der Waals surface area contributed by atoms with Crippen molar-refractivity contribution in [2.24, 2.45) is 5.73 Å². The van der Waals surface area contributed by atoms with E-state index in [1.807, 2.05) is 26.0 Å². The standard InChI is InChI=1S/C13H20N2O.ClH/c1-13(2,14)9-15-6-5-10-3-4-12(16)7-11(10)8-15;/h3-4,7,16H,5-6,8-9,14H2,1-2H3;1H. The molecule has 0 radical (unpaired) electrons. The van der Waals surface area contributed by atoms with Gasteiger partial charge in [-0.3, -0.25) is 4.90 Å². The Balaban J connectivity index is 0.00000144. The van der Waals surface area contributed by atoms with Crippen LogP contribution in [0.4, 0.5) is 0 Å². The Bertz CT molecular complexity index is 387. The predicted octanol–water partition coefficient (Wildman–Crippen LogP) is 1.91. The van der Waals surface area contributed by atoms with Crippen LogP contribution in [0, 0.1) is 0 Å². The zero-order valence-electron chi connectivity index (χ0n) is 10.4. The van der Waals surface area contributed by atoms with Gasteiger partial charge in [-0.1, -0.05) is 6.07 Å². The van der Waals surface area contributed by atoms with Crippen molar-refractivity contribution in [3.05, 3.63) is 29.3 Å². The van der Waals surface area contributed by atoms with Gasteiger partial charge < -0.3 is 10.8 Å². The molecule has 0 bridgehead atoms. The minimum Gasteiger partial charge on any atom is -0.508 e. The molecule has 1 aliphatic heterocycles. The van der Waals surface area contributed by atoms with Crippen LogP contribution >= 0.6 is 12.4 Å². The Hall–Kier alpha value is -0.770. The largest absolute Gasteiger partial charge is 0.508 e. The molecule has 96 valence electrons. The lowest BCUT2D eigenvalue weighted by molar-refractivity contribution is 0.209. The third kappa shape index (κ3) is 3.87. The SMILES string of the molecule is CC(C)(N)CN1CCc2ccc(O)cc2C1.Cl. The van der Waals surface area contributed by atoms with Crippen LogP contribution in [0.3, 0.4) is 0 Å². The molecule has 3 nitrogen and oxygen atoms in total. The van der Waals surface area contributed by atoms with Crippen LogP contribution in [-0.4, -0.2) is 28.6 Å². The number of phenols is 1. The van der Waals surface area contributed by atoms with E-state index in [2.05, 4.69) is 4.90 Å². The van der Waals surface area contributed by atoms with E-state index in [1.165, 1.54) is 11.1 Å². The number of halogens is 1. The van der Waals surface area contributed by atoms with Gasteiger partial charge in [-0.15, -0.1) is 12.4 Å². The molecule has 1 aliphatic rings. The van der Waals surface area contributed by atoms with Gasteiger partial charge in [0.15, 0.2) is 0 Å². The minimum absolute atomic E-state index is 0. The first-order chi connectivity index (χ1) is 7.44. The molecule has 0 atom stereocenters. The van der Waals surface area contributed by atoms with Gasteiger partial charge in [-0.2, -0.15) is 0 Å². The summed E-state index contributed by atoms with van der Waals surface area (Å²) in [5.74, 6) is 0.354. The number of fused-ring (bicyclic) bond motifs is 1. The highest BCUT2D eigenvalue weighted by atomic mass is 35.5. The quantitative estimate of drug-likeness (QED) is 0.850. The zero-order chi connectivity index (χ0) is 11.8. The lowest BCUT2D eigenvalue weighted by Gasteiger charge is -2.33. The summed E-state index contributed by atoms with van der Waals surface area (Å²) in [5.41, 5.74) is 8.45. The molecule has 0 aliphatic carbocycles. The molecule has 0 amide bonds. The summed E-state index contributed by atoms with van der Waals surface area (Å²) in [5, 5.41) is 9.46. The summed E-state index contributed by atoms with van der Waals surface area (Å²) < 4.78 is 0. The van der Waals surface area contributed by atoms with Crippen molar-refractivity contribution in [1.82, 2.24) is 4.90 Å². The number of hydrogen-bond acceptors (Lipinski definition) is 3. The molecule has 1 aromatic carbocycles. The Labute approximate surface area is 109 Å². The fourth-order valence-electron chi connectivity index (χ4n) is 2.31. The molecule has 0 aromatic heterocycles. The first-order valence-electron chi connectivity index (χ1n) is 5.76. The van der Waals surface area contributed by atoms with Crippen LogP contribution in [0.5, 0.6) is 5.75 Å². The summed E-state index contributed by atoms with van der Waals surface area (Å²) in [6.07, 6.45) is 1.05. The maximum absolute atomic E-state index is 9.46. The van der Waals surface area contributed by atoms with E-state index in [9.17, 15) is 5.11 Å². The van der Waals surface area contributed by atoms with Crippen molar-refractivity contribution in [3.8, 4) is 5.75 Å². The maximum Gasteiger partial charge on any atom is 0.115 e. The summed E-state index contributed by atoms with van der Waals surface area (Å²) in [6.45, 7) is 6.93. The minimum atomic E-state index is -0.158. The fraction of sp³-hybridized carbons (Fsp3) is 0.538. The van der Waals surface area contributed by atoms with Crippen molar-refractivity contribution < 1.29 is 5.11 Å². The molecule has 4 heteroatoms. The molecule has 0 saturated carbocycles. The first-order valence-corrected chi connectivity index (χ1v) is 5.76. The lowest BCUT2D eigenvalue weighted by Crippen LogP contribution is -2.46. The Morgan fingerprint density at radius 3 is 2.71 bits per heavy atom. The molecular weight excluding hydrogens is 236 g/mol. The Morgan fingerprint density at radius 2 is 2.06 bits per heavy atom. The van der Waals surface area contributed by atoms with E-state index in [0.717, 1.165) is 26.1 Å². The molecule has 1 heterocycles. The Kier molecular flexibility index (Phi) is 4.42. The van der Waals surface area contributed by atoms with E-state index in [-0.39, 0.29) is 17.9 Å². The van der Waals surface area contributed by atoms with Crippen LogP contribution in [0.1, 0.15) is 25.0 Å². The van der Waals surface area contributed by atoms with Gasteiger partial charge in [0, 0.05) is 25.2 Å². The Morgan fingerprint density at radius 1 is 1.35 bits per heavy atom. The maximum atomic E-state index is 9.46. The summed E-state index contributed by atoms with van der Waals surface area (Å²) in [7, 11) is 0. The third-order valence-electron chi connectivity index (χ3n) is 2.91. The van der Waals surface area contributed by atoms with Crippen molar-refractivity contribution in [1.29, 1.82) is 0 Å². The van der Waals surface area contributed by atoms with Crippen LogP contribution in [0.2, 0.25) is 0 Å². The van der Waals surface area contributed by atoms with Crippen molar-refractivity contribution in [2.75, 3.05) is 13.1 Å². The second-order valence-electron chi connectivity index (χ2n) is 5.40. The van der Waals surface area contributed by atoms with E-state index in [4.69, 9.17) is 5.73 Å². The molecule has 3 N–H and O–H groups in total. The van der Waals surface area contributed by atoms with Crippen LogP contribution in [-0.2, 0) is 13.0 Å². The van der Waals surface area contributed by atoms with Crippen LogP contribution in [0.15, 0.2) is 18.2 Å². The van der Waals surface area contributed by atoms with E-state index >= 15 is 0 Å². The molecule has 0 fully saturated rings. The second kappa shape index (κ2) is 5.25. The normalized spacial score (nSPS) is 16.2. The number of hydrogen-bond donors (Lipinski definition) is 2. The molecule has 0 saturated heterocycles. The van der Waals surface area contributed by atoms with Crippen LogP contribution in [0.25, 0.3) is 0 Å². The average molecular weight is 257 g/mol. The number of nitrogens with two attached hydrogens (primary N) is 1. The monoisotopic (exact) mass is 256 g/mol. The molecule has 0 unspecified atom stereocenters. The van der Waals surface area contributed by atoms with Gasteiger partial charge in [-0.05, 0) is 43.5 Å². The molecule has 1 aromatic rings. The van der Waals surface area contributed by atoms with Gasteiger partial charge in [0.2, 0.25) is 0 Å². The number of rotatable bonds is 2. The highest BCUT2D eigenvalue weighted by Crippen LogP contribution is 2.23. The van der Waals surface area contributed by atoms with Gasteiger partial charge in [0.05, 0.1) is 0 Å².